The molecule has 0 saturated carbocycles. The van der Waals surface area contributed by atoms with E-state index in [4.69, 9.17) is 28.5 Å². The van der Waals surface area contributed by atoms with E-state index >= 15 is 0 Å². The monoisotopic (exact) mass is 310 g/mol. The maximum Gasteiger partial charge on any atom is 0.171 e. The summed E-state index contributed by atoms with van der Waals surface area (Å²) < 4.78 is 0. The number of hydrogen-bond acceptors (Lipinski definition) is 4. The lowest BCUT2D eigenvalue weighted by Crippen LogP contribution is -2.11. The van der Waals surface area contributed by atoms with Gasteiger partial charge in [-0.15, -0.1) is 22.9 Å². The molecule has 0 fully saturated rings. The molecule has 0 aliphatic heterocycles. The van der Waals surface area contributed by atoms with E-state index < -0.39 is 5.92 Å². The van der Waals surface area contributed by atoms with Crippen molar-refractivity contribution in [1.82, 2.24) is 4.98 Å². The van der Waals surface area contributed by atoms with Crippen molar-refractivity contribution in [3.05, 3.63) is 39.7 Å². The lowest BCUT2D eigenvalue weighted by Gasteiger charge is -2.01. The van der Waals surface area contributed by atoms with Crippen LogP contribution in [0.4, 0.5) is 0 Å². The third kappa shape index (κ3) is 2.95. The number of ketones is 1. The van der Waals surface area contributed by atoms with Crippen molar-refractivity contribution in [3.8, 4) is 17.3 Å². The van der Waals surface area contributed by atoms with Crippen LogP contribution in [0.2, 0.25) is 5.02 Å². The van der Waals surface area contributed by atoms with Gasteiger partial charge in [-0.2, -0.15) is 5.26 Å². The second kappa shape index (κ2) is 6.16. The van der Waals surface area contributed by atoms with Gasteiger partial charge in [0.15, 0.2) is 11.7 Å². The number of aromatic nitrogens is 1. The Morgan fingerprint density at radius 1 is 1.47 bits per heavy atom. The number of carbonyl (C=O) groups excluding carboxylic acids is 1. The van der Waals surface area contributed by atoms with E-state index in [0.29, 0.717) is 15.7 Å². The molecule has 0 saturated heterocycles. The average Bonchev–Trinajstić information content (AvgIpc) is 2.89. The Morgan fingerprint density at radius 3 is 2.84 bits per heavy atom. The van der Waals surface area contributed by atoms with Crippen LogP contribution in [0.5, 0.6) is 0 Å². The number of carbonyl (C=O) groups is 1. The molecule has 1 aromatic carbocycles. The smallest absolute Gasteiger partial charge is 0.171 e. The molecule has 19 heavy (non-hydrogen) atoms. The van der Waals surface area contributed by atoms with Crippen LogP contribution in [0.1, 0.15) is 10.9 Å². The van der Waals surface area contributed by atoms with E-state index in [1.807, 2.05) is 24.3 Å². The van der Waals surface area contributed by atoms with Crippen molar-refractivity contribution in [3.63, 3.8) is 0 Å². The molecule has 0 aliphatic carbocycles. The molecule has 0 bridgehead atoms. The molecule has 1 atom stereocenters. The zero-order valence-corrected chi connectivity index (χ0v) is 12.0. The topological polar surface area (TPSA) is 53.8 Å². The van der Waals surface area contributed by atoms with Gasteiger partial charge in [-0.25, -0.2) is 4.98 Å². The molecule has 1 heterocycles. The molecule has 2 aromatic rings. The van der Waals surface area contributed by atoms with Crippen molar-refractivity contribution >= 4 is 40.3 Å². The maximum atomic E-state index is 11.5. The highest BCUT2D eigenvalue weighted by molar-refractivity contribution is 7.10. The minimum Gasteiger partial charge on any atom is -0.296 e. The predicted molar refractivity (Wildman–Crippen MR) is 76.6 cm³/mol. The summed E-state index contributed by atoms with van der Waals surface area (Å²) >= 11 is 12.8. The van der Waals surface area contributed by atoms with Gasteiger partial charge in [0, 0.05) is 16.0 Å². The Hall–Kier alpha value is -1.41. The molecular weight excluding hydrogens is 303 g/mol. The molecule has 3 nitrogen and oxygen atoms in total. The van der Waals surface area contributed by atoms with Crippen LogP contribution < -0.4 is 0 Å². The first-order chi connectivity index (χ1) is 9.17. The summed E-state index contributed by atoms with van der Waals surface area (Å²) in [5.41, 5.74) is 1.44. The minimum atomic E-state index is -0.904. The van der Waals surface area contributed by atoms with Crippen LogP contribution in [0.15, 0.2) is 29.6 Å². The van der Waals surface area contributed by atoms with Gasteiger partial charge in [0.2, 0.25) is 0 Å². The van der Waals surface area contributed by atoms with Gasteiger partial charge in [0.05, 0.1) is 17.6 Å². The highest BCUT2D eigenvalue weighted by atomic mass is 35.5. The van der Waals surface area contributed by atoms with E-state index in [2.05, 4.69) is 4.98 Å². The van der Waals surface area contributed by atoms with Gasteiger partial charge >= 0.3 is 0 Å². The van der Waals surface area contributed by atoms with Gasteiger partial charge in [0.1, 0.15) is 5.01 Å². The second-order valence-electron chi connectivity index (χ2n) is 3.71. The van der Waals surface area contributed by atoms with Crippen LogP contribution in [-0.4, -0.2) is 16.6 Å². The summed E-state index contributed by atoms with van der Waals surface area (Å²) in [6, 6.07) is 9.21. The fourth-order valence-electron chi connectivity index (χ4n) is 1.55. The predicted octanol–water partition coefficient (Wildman–Crippen LogP) is 3.88. The van der Waals surface area contributed by atoms with Crippen molar-refractivity contribution in [1.29, 1.82) is 5.26 Å². The lowest BCUT2D eigenvalue weighted by atomic mass is 10.1. The highest BCUT2D eigenvalue weighted by Crippen LogP contribution is 2.31. The largest absolute Gasteiger partial charge is 0.296 e. The molecule has 2 rings (SSSR count). The average molecular weight is 311 g/mol. The summed E-state index contributed by atoms with van der Waals surface area (Å²) in [7, 11) is 0. The normalized spacial score (nSPS) is 11.8. The molecule has 0 spiro atoms. The Balaban J connectivity index is 2.37. The molecule has 6 heteroatoms. The van der Waals surface area contributed by atoms with Gasteiger partial charge in [0.25, 0.3) is 0 Å². The number of alkyl halides is 1. The summed E-state index contributed by atoms with van der Waals surface area (Å²) in [5.74, 6) is -1.44. The maximum absolute atomic E-state index is 11.5. The van der Waals surface area contributed by atoms with Crippen LogP contribution in [0.3, 0.4) is 0 Å². The molecule has 0 N–H and O–H groups in total. The highest BCUT2D eigenvalue weighted by Gasteiger charge is 2.23. The molecular formula is C13H8Cl2N2OS. The zero-order valence-electron chi connectivity index (χ0n) is 9.64. The fraction of sp³-hybridized carbons (Fsp3) is 0.154. The molecule has 0 aliphatic rings. The van der Waals surface area contributed by atoms with E-state index in [9.17, 15) is 4.79 Å². The Labute approximate surface area is 124 Å². The molecule has 0 amide bonds. The van der Waals surface area contributed by atoms with Crippen LogP contribution in [0.25, 0.3) is 11.3 Å². The Morgan fingerprint density at radius 2 is 2.21 bits per heavy atom. The van der Waals surface area contributed by atoms with Crippen LogP contribution >= 0.6 is 34.5 Å². The number of Topliss-reactive ketones (excluding diaryl/α,β-unsaturated/α-hetero) is 1. The minimum absolute atomic E-state index is 0.195. The van der Waals surface area contributed by atoms with E-state index in [0.717, 1.165) is 5.56 Å². The Kier molecular flexibility index (Phi) is 4.54. The molecule has 0 radical (unpaired) electrons. The van der Waals surface area contributed by atoms with Gasteiger partial charge in [-0.05, 0) is 6.07 Å². The third-order valence-corrected chi connectivity index (χ3v) is 4.00. The van der Waals surface area contributed by atoms with Gasteiger partial charge < -0.3 is 0 Å². The number of nitriles is 1. The summed E-state index contributed by atoms with van der Waals surface area (Å²) in [6.45, 7) is 0. The Bertz CT molecular complexity index is 648. The molecule has 1 unspecified atom stereocenters. The lowest BCUT2D eigenvalue weighted by molar-refractivity contribution is -0.117. The van der Waals surface area contributed by atoms with Crippen molar-refractivity contribution in [2.75, 3.05) is 5.88 Å². The SMILES string of the molecule is N#CC(C(=O)CCl)c1nc(-c2ccccc2Cl)cs1. The van der Waals surface area contributed by atoms with Crippen LogP contribution in [0, 0.1) is 11.3 Å². The number of benzene rings is 1. The standard InChI is InChI=1S/C13H8Cl2N2OS/c14-5-12(18)9(6-16)13-17-11(7-19-13)8-3-1-2-4-10(8)15/h1-4,7,9H,5H2. The summed E-state index contributed by atoms with van der Waals surface area (Å²) in [5, 5.41) is 11.8. The van der Waals surface area contributed by atoms with Crippen molar-refractivity contribution in [2.24, 2.45) is 0 Å². The molecule has 1 aromatic heterocycles. The number of nitrogens with zero attached hydrogens (tertiary/aromatic N) is 2. The number of thiazole rings is 1. The van der Waals surface area contributed by atoms with E-state index in [1.54, 1.807) is 11.4 Å². The third-order valence-electron chi connectivity index (χ3n) is 2.50. The van der Waals surface area contributed by atoms with Crippen LogP contribution in [-0.2, 0) is 4.79 Å². The second-order valence-corrected chi connectivity index (χ2v) is 5.28. The molecule has 96 valence electrons. The van der Waals surface area contributed by atoms with Gasteiger partial charge in [-0.1, -0.05) is 29.8 Å². The first-order valence-electron chi connectivity index (χ1n) is 5.36. The fourth-order valence-corrected chi connectivity index (χ4v) is 2.83. The quantitative estimate of drug-likeness (QED) is 0.805. The summed E-state index contributed by atoms with van der Waals surface area (Å²) in [6.07, 6.45) is 0. The first kappa shape index (κ1) is 14.0. The van der Waals surface area contributed by atoms with E-state index in [1.165, 1.54) is 11.3 Å². The van der Waals surface area contributed by atoms with E-state index in [-0.39, 0.29) is 11.7 Å². The number of halogens is 2. The zero-order chi connectivity index (χ0) is 13.8. The van der Waals surface area contributed by atoms with Crippen molar-refractivity contribution < 1.29 is 4.79 Å². The first-order valence-corrected chi connectivity index (χ1v) is 7.15. The number of rotatable bonds is 4. The van der Waals surface area contributed by atoms with Gasteiger partial charge in [-0.3, -0.25) is 4.79 Å². The number of hydrogen-bond donors (Lipinski definition) is 0. The summed E-state index contributed by atoms with van der Waals surface area (Å²) in [4.78, 5) is 15.9. The van der Waals surface area contributed by atoms with Crippen molar-refractivity contribution in [2.45, 2.75) is 5.92 Å².